The van der Waals surface area contributed by atoms with Crippen molar-refractivity contribution in [2.45, 2.75) is 0 Å². The molecule has 1 heterocycles. The molecule has 1 aromatic heterocycles. The second-order valence-corrected chi connectivity index (χ2v) is 2.07. The summed E-state index contributed by atoms with van der Waals surface area (Å²) in [6.07, 6.45) is 5.08. The minimum absolute atomic E-state index is 0. The van der Waals surface area contributed by atoms with E-state index in [9.17, 15) is 5.11 Å². The van der Waals surface area contributed by atoms with Crippen LogP contribution in [-0.4, -0.2) is 9.97 Å². The molecule has 0 amide bonds. The Morgan fingerprint density at radius 1 is 1.15 bits per heavy atom. The van der Waals surface area contributed by atoms with Gasteiger partial charge >= 0.3 is 29.6 Å². The van der Waals surface area contributed by atoms with E-state index in [1.165, 1.54) is 12.1 Å². The van der Waals surface area contributed by atoms with E-state index in [2.05, 4.69) is 9.97 Å². The normalized spacial score (nSPS) is 7.69. The van der Waals surface area contributed by atoms with Gasteiger partial charge in [-0.1, -0.05) is 30.3 Å². The molecule has 0 saturated heterocycles. The maximum Gasteiger partial charge on any atom is 1.00 e. The molecule has 0 spiro atoms. The van der Waals surface area contributed by atoms with E-state index in [0.29, 0.717) is 0 Å². The Hall–Kier alpha value is -0.770. The topological polar surface area (TPSA) is 51.7 Å². The maximum atomic E-state index is 10.3. The van der Waals surface area contributed by atoms with Crippen molar-refractivity contribution in [1.82, 2.24) is 9.97 Å². The predicted molar refractivity (Wildman–Crippen MR) is 44.5 cm³/mol. The molecule has 0 aliphatic rings. The van der Waals surface area contributed by atoms with Gasteiger partial charge in [0.1, 0.15) is 0 Å². The number of aromatic amines is 1. The van der Waals surface area contributed by atoms with Crippen molar-refractivity contribution in [3.8, 4) is 5.75 Å². The van der Waals surface area contributed by atoms with Crippen molar-refractivity contribution in [3.63, 3.8) is 0 Å². The molecule has 2 aromatic rings. The first-order valence-corrected chi connectivity index (χ1v) is 3.54. The standard InChI is InChI=1S/C6H6O.C3H4N2.Na/c7-6-4-2-1-3-5-6;1-2-5-3-4-1;/h1-5,7H;1-3H,(H,4,5);/q;;+1/p-1. The molecule has 0 atom stereocenters. The van der Waals surface area contributed by atoms with Crippen molar-refractivity contribution >= 4 is 0 Å². The van der Waals surface area contributed by atoms with Crippen LogP contribution in [0.1, 0.15) is 0 Å². The van der Waals surface area contributed by atoms with E-state index in [4.69, 9.17) is 0 Å². The van der Waals surface area contributed by atoms with E-state index in [0.717, 1.165) is 0 Å². The Morgan fingerprint density at radius 3 is 2.08 bits per heavy atom. The molecule has 3 nitrogen and oxygen atoms in total. The number of H-pyrrole nitrogens is 1. The van der Waals surface area contributed by atoms with Gasteiger partial charge < -0.3 is 10.1 Å². The molecule has 62 valence electrons. The number of hydrogen-bond acceptors (Lipinski definition) is 2. The SMILES string of the molecule is [Na+].[O-]c1ccccc1.c1c[nH]cn1. The van der Waals surface area contributed by atoms with Crippen LogP contribution in [0.5, 0.6) is 5.75 Å². The Morgan fingerprint density at radius 2 is 1.85 bits per heavy atom. The minimum atomic E-state index is 0. The summed E-state index contributed by atoms with van der Waals surface area (Å²) >= 11 is 0. The van der Waals surface area contributed by atoms with Crippen LogP contribution in [-0.2, 0) is 0 Å². The molecular weight excluding hydrogens is 175 g/mol. The third kappa shape index (κ3) is 6.40. The van der Waals surface area contributed by atoms with E-state index >= 15 is 0 Å². The fraction of sp³-hybridized carbons (Fsp3) is 0. The Labute approximate surface area is 99.1 Å². The van der Waals surface area contributed by atoms with Crippen molar-refractivity contribution < 1.29 is 34.7 Å². The van der Waals surface area contributed by atoms with Gasteiger partial charge in [0, 0.05) is 12.4 Å². The summed E-state index contributed by atoms with van der Waals surface area (Å²) in [6.45, 7) is 0. The van der Waals surface area contributed by atoms with Crippen LogP contribution in [0.15, 0.2) is 49.1 Å². The number of nitrogens with one attached hydrogen (secondary N) is 1. The zero-order chi connectivity index (χ0) is 8.65. The van der Waals surface area contributed by atoms with E-state index in [-0.39, 0.29) is 35.3 Å². The van der Waals surface area contributed by atoms with Gasteiger partial charge in [-0.25, -0.2) is 4.98 Å². The number of hydrogen-bond donors (Lipinski definition) is 1. The van der Waals surface area contributed by atoms with Gasteiger partial charge in [-0.15, -0.1) is 5.75 Å². The number of para-hydroxylation sites is 1. The Kier molecular flexibility index (Phi) is 7.39. The third-order valence-electron chi connectivity index (χ3n) is 1.15. The molecule has 0 unspecified atom stereocenters. The summed E-state index contributed by atoms with van der Waals surface area (Å²) in [7, 11) is 0. The van der Waals surface area contributed by atoms with Crippen LogP contribution in [0, 0.1) is 0 Å². The number of rotatable bonds is 0. The first kappa shape index (κ1) is 12.2. The van der Waals surface area contributed by atoms with Crippen LogP contribution < -0.4 is 34.7 Å². The monoisotopic (exact) mass is 184 g/mol. The largest absolute Gasteiger partial charge is 1.00 e. The average Bonchev–Trinajstić information content (AvgIpc) is 2.62. The van der Waals surface area contributed by atoms with Gasteiger partial charge in [0.05, 0.1) is 6.33 Å². The average molecular weight is 184 g/mol. The van der Waals surface area contributed by atoms with Gasteiger partial charge in [-0.3, -0.25) is 0 Å². The van der Waals surface area contributed by atoms with E-state index < -0.39 is 0 Å². The zero-order valence-electron chi connectivity index (χ0n) is 7.47. The number of benzene rings is 1. The van der Waals surface area contributed by atoms with Crippen LogP contribution in [0.4, 0.5) is 0 Å². The van der Waals surface area contributed by atoms with Gasteiger partial charge in [-0.05, 0) is 0 Å². The predicted octanol–water partition coefficient (Wildman–Crippen LogP) is -1.83. The summed E-state index contributed by atoms with van der Waals surface area (Å²) in [5.41, 5.74) is 0. The molecule has 0 radical (unpaired) electrons. The molecule has 0 aliphatic heterocycles. The van der Waals surface area contributed by atoms with E-state index in [1.807, 2.05) is 6.07 Å². The Bertz CT molecular complexity index is 266. The summed E-state index contributed by atoms with van der Waals surface area (Å²) in [5, 5.41) is 10.3. The zero-order valence-corrected chi connectivity index (χ0v) is 9.47. The number of imidazole rings is 1. The first-order chi connectivity index (χ1) is 5.89. The molecule has 0 aliphatic carbocycles. The van der Waals surface area contributed by atoms with Crippen LogP contribution in [0.3, 0.4) is 0 Å². The molecule has 13 heavy (non-hydrogen) atoms. The fourth-order valence-electron chi connectivity index (χ4n) is 0.636. The van der Waals surface area contributed by atoms with Gasteiger partial charge in [0.2, 0.25) is 0 Å². The van der Waals surface area contributed by atoms with Crippen LogP contribution >= 0.6 is 0 Å². The maximum absolute atomic E-state index is 10.3. The fourth-order valence-corrected chi connectivity index (χ4v) is 0.636. The molecule has 1 N–H and O–H groups in total. The smallest absolute Gasteiger partial charge is 0.872 e. The minimum Gasteiger partial charge on any atom is -0.872 e. The van der Waals surface area contributed by atoms with E-state index in [1.54, 1.807) is 30.9 Å². The number of nitrogens with zero attached hydrogens (tertiary/aromatic N) is 1. The second-order valence-electron chi connectivity index (χ2n) is 2.07. The number of aromatic nitrogens is 2. The van der Waals surface area contributed by atoms with Crippen molar-refractivity contribution in [1.29, 1.82) is 0 Å². The molecule has 0 fully saturated rings. The van der Waals surface area contributed by atoms with Gasteiger partial charge in [0.25, 0.3) is 0 Å². The first-order valence-electron chi connectivity index (χ1n) is 3.54. The molecule has 0 saturated carbocycles. The summed E-state index contributed by atoms with van der Waals surface area (Å²) in [4.78, 5) is 6.42. The van der Waals surface area contributed by atoms with Crippen molar-refractivity contribution in [3.05, 3.63) is 49.1 Å². The third-order valence-corrected chi connectivity index (χ3v) is 1.15. The van der Waals surface area contributed by atoms with Crippen LogP contribution in [0.25, 0.3) is 0 Å². The quantitative estimate of drug-likeness (QED) is 0.490. The second kappa shape index (κ2) is 7.86. The summed E-state index contributed by atoms with van der Waals surface area (Å²) in [5.74, 6) is 0.0718. The van der Waals surface area contributed by atoms with Gasteiger partial charge in [-0.2, -0.15) is 0 Å². The Balaban J connectivity index is 0.000000215. The molecule has 0 bridgehead atoms. The van der Waals surface area contributed by atoms with Crippen LogP contribution in [0.2, 0.25) is 0 Å². The summed E-state index contributed by atoms with van der Waals surface area (Å²) in [6, 6.07) is 8.33. The van der Waals surface area contributed by atoms with Crippen molar-refractivity contribution in [2.75, 3.05) is 0 Å². The molecule has 4 heteroatoms. The van der Waals surface area contributed by atoms with Gasteiger partial charge in [0.15, 0.2) is 0 Å². The molecular formula is C9H9N2NaO. The molecule has 2 rings (SSSR count). The summed E-state index contributed by atoms with van der Waals surface area (Å²) < 4.78 is 0. The molecule has 1 aromatic carbocycles. The van der Waals surface area contributed by atoms with Crippen molar-refractivity contribution in [2.24, 2.45) is 0 Å².